The first-order valence-corrected chi connectivity index (χ1v) is 15.2. The first kappa shape index (κ1) is 37.3. The number of carboxylic acid groups (broad SMARTS) is 1. The number of ether oxygens (including phenoxy) is 1. The molecular weight excluding hydrogens is 548 g/mol. The van der Waals surface area contributed by atoms with Crippen LogP contribution in [0.2, 0.25) is 0 Å². The van der Waals surface area contributed by atoms with Crippen molar-refractivity contribution in [3.8, 4) is 0 Å². The predicted molar refractivity (Wildman–Crippen MR) is 171 cm³/mol. The quantitative estimate of drug-likeness (QED) is 0.291. The normalized spacial score (nSPS) is 13.7. The minimum absolute atomic E-state index is 0.0851. The Kier molecular flexibility index (Phi) is 18.2. The molecule has 4 rings (SSSR count). The Morgan fingerprint density at radius 2 is 1.67 bits per heavy atom. The second-order valence-corrected chi connectivity index (χ2v) is 10.0. The molecule has 1 aromatic heterocycles. The first-order chi connectivity index (χ1) is 20.8. The van der Waals surface area contributed by atoms with Crippen molar-refractivity contribution in [1.82, 2.24) is 19.4 Å². The molecule has 1 aliphatic heterocycles. The number of carbonyl (C=O) groups excluding carboxylic acids is 2. The molecule has 238 valence electrons. The average Bonchev–Trinajstić information content (AvgIpc) is 3.30. The van der Waals surface area contributed by atoms with E-state index in [2.05, 4.69) is 32.0 Å². The maximum absolute atomic E-state index is 12.9. The highest BCUT2D eigenvalue weighted by molar-refractivity contribution is 5.77. The van der Waals surface area contributed by atoms with Crippen LogP contribution in [-0.4, -0.2) is 64.7 Å². The zero-order chi connectivity index (χ0) is 32.2. The number of nitrogens with zero attached hydrogens (tertiary/aromatic N) is 3. The maximum Gasteiger partial charge on any atom is 0.329 e. The molecule has 2 amide bonds. The summed E-state index contributed by atoms with van der Waals surface area (Å²) in [5.41, 5.74) is 4.62. The van der Waals surface area contributed by atoms with Gasteiger partial charge in [0.05, 0.1) is 24.2 Å². The van der Waals surface area contributed by atoms with E-state index >= 15 is 0 Å². The van der Waals surface area contributed by atoms with E-state index in [1.165, 1.54) is 11.1 Å². The van der Waals surface area contributed by atoms with Crippen LogP contribution in [0.25, 0.3) is 11.0 Å². The van der Waals surface area contributed by atoms with Gasteiger partial charge in [-0.3, -0.25) is 28.4 Å². The summed E-state index contributed by atoms with van der Waals surface area (Å²) in [4.78, 5) is 44.0. The van der Waals surface area contributed by atoms with Gasteiger partial charge in [0.1, 0.15) is 0 Å². The summed E-state index contributed by atoms with van der Waals surface area (Å²) in [6.45, 7) is 13.4. The topological polar surface area (TPSA) is 123 Å². The van der Waals surface area contributed by atoms with E-state index in [0.717, 1.165) is 49.8 Å². The highest BCUT2D eigenvalue weighted by Gasteiger charge is 2.23. The number of aromatic nitrogens is 2. The van der Waals surface area contributed by atoms with Gasteiger partial charge in [-0.1, -0.05) is 63.6 Å². The number of aliphatic carboxylic acids is 1. The summed E-state index contributed by atoms with van der Waals surface area (Å²) in [7, 11) is 1.70. The number of rotatable bonds is 11. The Bertz CT molecular complexity index is 1270. The van der Waals surface area contributed by atoms with Crippen LogP contribution in [0.1, 0.15) is 83.4 Å². The van der Waals surface area contributed by atoms with Crippen LogP contribution >= 0.6 is 0 Å². The number of carboxylic acids is 1. The Morgan fingerprint density at radius 3 is 2.16 bits per heavy atom. The van der Waals surface area contributed by atoms with Gasteiger partial charge in [0.15, 0.2) is 0 Å². The van der Waals surface area contributed by atoms with Gasteiger partial charge in [0.25, 0.3) is 0 Å². The first-order valence-electron chi connectivity index (χ1n) is 15.2. The second kappa shape index (κ2) is 21.0. The number of imidazole rings is 1. The number of fused-ring (bicyclic) bond motifs is 1. The summed E-state index contributed by atoms with van der Waals surface area (Å²) in [6, 6.07) is 16.8. The van der Waals surface area contributed by atoms with Crippen molar-refractivity contribution in [2.45, 2.75) is 85.4 Å². The summed E-state index contributed by atoms with van der Waals surface area (Å²) in [6.07, 6.45) is 4.59. The van der Waals surface area contributed by atoms with Crippen LogP contribution in [0.15, 0.2) is 53.3 Å². The van der Waals surface area contributed by atoms with E-state index in [1.54, 1.807) is 12.4 Å². The molecule has 1 saturated heterocycles. The Hall–Kier alpha value is -3.76. The molecule has 3 aromatic rings. The highest BCUT2D eigenvalue weighted by atomic mass is 16.5. The van der Waals surface area contributed by atoms with Crippen LogP contribution in [0, 0.1) is 0 Å². The van der Waals surface area contributed by atoms with Crippen molar-refractivity contribution in [1.29, 1.82) is 0 Å². The van der Waals surface area contributed by atoms with Gasteiger partial charge in [-0.25, -0.2) is 4.79 Å². The number of benzene rings is 2. The molecule has 0 aliphatic carbocycles. The molecule has 0 radical (unpaired) electrons. The molecule has 43 heavy (non-hydrogen) atoms. The van der Waals surface area contributed by atoms with E-state index in [4.69, 9.17) is 19.4 Å². The molecule has 10 heteroatoms. The van der Waals surface area contributed by atoms with Crippen molar-refractivity contribution in [2.75, 3.05) is 26.7 Å². The molecule has 0 saturated carbocycles. The molecule has 0 spiro atoms. The molecule has 1 atom stereocenters. The van der Waals surface area contributed by atoms with Gasteiger partial charge in [0, 0.05) is 19.7 Å². The van der Waals surface area contributed by atoms with Crippen molar-refractivity contribution in [3.05, 3.63) is 70.1 Å². The molecule has 1 fully saturated rings. The lowest BCUT2D eigenvalue weighted by Gasteiger charge is -2.31. The summed E-state index contributed by atoms with van der Waals surface area (Å²) < 4.78 is 8.75. The van der Waals surface area contributed by atoms with Crippen LogP contribution in [0.4, 0.5) is 0 Å². The van der Waals surface area contributed by atoms with E-state index < -0.39 is 5.97 Å². The van der Waals surface area contributed by atoms with Crippen LogP contribution in [0.3, 0.4) is 0 Å². The van der Waals surface area contributed by atoms with Crippen LogP contribution in [0.5, 0.6) is 0 Å². The number of methoxy groups -OCH3 is 1. The number of amides is 2. The number of hydrogen-bond acceptors (Lipinski definition) is 6. The van der Waals surface area contributed by atoms with E-state index in [0.29, 0.717) is 31.9 Å². The zero-order valence-electron chi connectivity index (χ0n) is 26.6. The lowest BCUT2D eigenvalue weighted by molar-refractivity contribution is -0.138. The smallest absolute Gasteiger partial charge is 0.329 e. The minimum atomic E-state index is -0.760. The molecule has 1 aliphatic rings. The van der Waals surface area contributed by atoms with E-state index in [-0.39, 0.29) is 18.3 Å². The summed E-state index contributed by atoms with van der Waals surface area (Å²) >= 11 is 0. The van der Waals surface area contributed by atoms with Gasteiger partial charge in [-0.05, 0) is 75.4 Å². The highest BCUT2D eigenvalue weighted by Crippen LogP contribution is 2.31. The molecule has 1 unspecified atom stereocenters. The fourth-order valence-corrected chi connectivity index (χ4v) is 5.21. The molecule has 2 aromatic carbocycles. The van der Waals surface area contributed by atoms with Gasteiger partial charge >= 0.3 is 11.7 Å². The Balaban J connectivity index is 0.000000474. The average molecular weight is 599 g/mol. The van der Waals surface area contributed by atoms with Gasteiger partial charge < -0.3 is 15.2 Å². The van der Waals surface area contributed by atoms with Crippen LogP contribution in [-0.2, 0) is 32.3 Å². The number of nitrogens with one attached hydrogen (secondary N) is 1. The monoisotopic (exact) mass is 598 g/mol. The number of imide groups is 1. The minimum Gasteiger partial charge on any atom is -0.480 e. The number of carbonyl (C=O) groups is 3. The predicted octanol–water partition coefficient (Wildman–Crippen LogP) is 5.20. The molecule has 0 bridgehead atoms. The third kappa shape index (κ3) is 11.8. The van der Waals surface area contributed by atoms with Crippen molar-refractivity contribution >= 4 is 29.8 Å². The zero-order valence-corrected chi connectivity index (χ0v) is 26.6. The Labute approximate surface area is 255 Å². The molecule has 10 nitrogen and oxygen atoms in total. The summed E-state index contributed by atoms with van der Waals surface area (Å²) in [5, 5.41) is 10.7. The van der Waals surface area contributed by atoms with Gasteiger partial charge in [-0.15, -0.1) is 0 Å². The lowest BCUT2D eigenvalue weighted by Crippen LogP contribution is -2.36. The third-order valence-corrected chi connectivity index (χ3v) is 7.16. The Morgan fingerprint density at radius 1 is 1.05 bits per heavy atom. The van der Waals surface area contributed by atoms with Crippen molar-refractivity contribution in [2.24, 2.45) is 0 Å². The standard InChI is InChI=1S/C21H31N3O3.C8H10O.C2H3NO2.C2H6/c1-4-6-15(3)24-18-8-7-17(13-19(18)23(5-2)21(24)27)16-9-11-22(12-10-16)14-20(25)26;1-9-7-8-5-3-2-4-6-8;4-1-3-2-5;1-2/h7-8,13,15-16H,4-6,9-12,14H2,1-3H3,(H,25,26);2-6H,7H2,1H3;1-2H,(H,3,4,5);1-2H3. The number of aryl methyl sites for hydroxylation is 1. The fourth-order valence-electron chi connectivity index (χ4n) is 5.21. The largest absolute Gasteiger partial charge is 0.480 e. The van der Waals surface area contributed by atoms with Crippen molar-refractivity contribution in [3.63, 3.8) is 0 Å². The maximum atomic E-state index is 12.9. The molecule has 2 N–H and O–H groups in total. The lowest BCUT2D eigenvalue weighted by atomic mass is 9.89. The van der Waals surface area contributed by atoms with Gasteiger partial charge in [0.2, 0.25) is 12.8 Å². The number of piperidine rings is 1. The molecule has 2 heterocycles. The fraction of sp³-hybridized carbons (Fsp3) is 0.515. The second-order valence-electron chi connectivity index (χ2n) is 10.0. The SMILES string of the molecule is CC.CCCC(C)n1c(=O)n(CC)c2cc(C3CCN(CC(=O)O)CC3)ccc21.COCc1ccccc1.O=CNC=O. The number of hydrogen-bond donors (Lipinski definition) is 2. The van der Waals surface area contributed by atoms with Crippen molar-refractivity contribution < 1.29 is 24.2 Å². The van der Waals surface area contributed by atoms with Crippen LogP contribution < -0.4 is 11.0 Å². The van der Waals surface area contributed by atoms with Gasteiger partial charge in [-0.2, -0.15) is 0 Å². The third-order valence-electron chi connectivity index (χ3n) is 7.16. The summed E-state index contributed by atoms with van der Waals surface area (Å²) in [5.74, 6) is -0.333. The molecular formula is C33H50N4O6. The van der Waals surface area contributed by atoms with E-state index in [9.17, 15) is 9.59 Å². The number of likely N-dealkylation sites (tertiary alicyclic amines) is 1. The van der Waals surface area contributed by atoms with E-state index in [1.807, 2.05) is 65.1 Å².